The highest BCUT2D eigenvalue weighted by molar-refractivity contribution is 5.72. The van der Waals surface area contributed by atoms with E-state index in [-0.39, 0.29) is 11.7 Å². The van der Waals surface area contributed by atoms with Crippen molar-refractivity contribution in [2.45, 2.75) is 13.5 Å². The van der Waals surface area contributed by atoms with Crippen molar-refractivity contribution >= 4 is 11.6 Å². The molecule has 1 fully saturated rings. The summed E-state index contributed by atoms with van der Waals surface area (Å²) in [5, 5.41) is 3.25. The molecule has 2 rings (SSSR count). The number of rotatable bonds is 3. The summed E-state index contributed by atoms with van der Waals surface area (Å²) in [6.45, 7) is 5.36. The van der Waals surface area contributed by atoms with Crippen LogP contribution in [-0.4, -0.2) is 44.0 Å². The molecule has 1 aromatic carbocycles. The van der Waals surface area contributed by atoms with Crippen LogP contribution in [0.1, 0.15) is 12.5 Å². The third kappa shape index (κ3) is 3.44. The molecule has 19 heavy (non-hydrogen) atoms. The lowest BCUT2D eigenvalue weighted by Crippen LogP contribution is -2.43. The second kappa shape index (κ2) is 6.02. The van der Waals surface area contributed by atoms with E-state index < -0.39 is 0 Å². The number of benzene rings is 1. The lowest BCUT2D eigenvalue weighted by molar-refractivity contribution is -0.128. The fraction of sp³-hybridized carbons (Fsp3) is 0.500. The van der Waals surface area contributed by atoms with Gasteiger partial charge in [-0.2, -0.15) is 0 Å². The van der Waals surface area contributed by atoms with Crippen LogP contribution >= 0.6 is 0 Å². The van der Waals surface area contributed by atoms with Gasteiger partial charge < -0.3 is 15.1 Å². The van der Waals surface area contributed by atoms with Crippen LogP contribution in [0.15, 0.2) is 18.2 Å². The molecule has 1 aliphatic rings. The summed E-state index contributed by atoms with van der Waals surface area (Å²) in [7, 11) is 1.71. The largest absolute Gasteiger partial charge is 0.367 e. The molecular formula is C14H20FN3O. The Morgan fingerprint density at radius 3 is 2.68 bits per heavy atom. The van der Waals surface area contributed by atoms with E-state index in [9.17, 15) is 9.18 Å². The Morgan fingerprint density at radius 2 is 2.11 bits per heavy atom. The number of nitrogens with zero attached hydrogens (tertiary/aromatic N) is 2. The summed E-state index contributed by atoms with van der Waals surface area (Å²) >= 11 is 0. The number of hydrogen-bond acceptors (Lipinski definition) is 3. The van der Waals surface area contributed by atoms with E-state index in [0.29, 0.717) is 12.2 Å². The third-order valence-electron chi connectivity index (χ3n) is 3.43. The van der Waals surface area contributed by atoms with Crippen LogP contribution in [0.4, 0.5) is 10.1 Å². The molecule has 4 nitrogen and oxygen atoms in total. The van der Waals surface area contributed by atoms with E-state index in [1.807, 2.05) is 17.0 Å². The van der Waals surface area contributed by atoms with Gasteiger partial charge in [0.1, 0.15) is 5.82 Å². The van der Waals surface area contributed by atoms with Crippen molar-refractivity contribution in [3.63, 3.8) is 0 Å². The van der Waals surface area contributed by atoms with Gasteiger partial charge in [0.15, 0.2) is 0 Å². The predicted molar refractivity (Wildman–Crippen MR) is 73.6 cm³/mol. The van der Waals surface area contributed by atoms with Gasteiger partial charge in [0.25, 0.3) is 0 Å². The van der Waals surface area contributed by atoms with Crippen molar-refractivity contribution in [3.05, 3.63) is 29.6 Å². The Bertz CT molecular complexity index is 458. The van der Waals surface area contributed by atoms with Gasteiger partial charge in [-0.15, -0.1) is 0 Å². The quantitative estimate of drug-likeness (QED) is 0.892. The highest BCUT2D eigenvalue weighted by Gasteiger charge is 2.15. The van der Waals surface area contributed by atoms with Gasteiger partial charge in [0, 0.05) is 46.7 Å². The summed E-state index contributed by atoms with van der Waals surface area (Å²) < 4.78 is 14.1. The molecule has 0 bridgehead atoms. The molecule has 1 heterocycles. The average Bonchev–Trinajstić information content (AvgIpc) is 2.39. The standard InChI is InChI=1S/C14H20FN3O/c1-11(19)17(2)10-12-3-4-14(13(15)9-12)18-7-5-16-6-8-18/h3-4,9,16H,5-8,10H2,1-2H3. The number of amides is 1. The molecule has 5 heteroatoms. The molecule has 1 aliphatic heterocycles. The molecule has 0 radical (unpaired) electrons. The summed E-state index contributed by atoms with van der Waals surface area (Å²) in [4.78, 5) is 14.8. The monoisotopic (exact) mass is 265 g/mol. The number of nitrogens with one attached hydrogen (secondary N) is 1. The first-order valence-corrected chi connectivity index (χ1v) is 6.53. The van der Waals surface area contributed by atoms with Crippen LogP contribution in [0.25, 0.3) is 0 Å². The fourth-order valence-corrected chi connectivity index (χ4v) is 2.20. The Balaban J connectivity index is 2.10. The predicted octanol–water partition coefficient (Wildman–Crippen LogP) is 1.21. The van der Waals surface area contributed by atoms with Crippen LogP contribution in [0.3, 0.4) is 0 Å². The van der Waals surface area contributed by atoms with Gasteiger partial charge >= 0.3 is 0 Å². The minimum Gasteiger partial charge on any atom is -0.367 e. The van der Waals surface area contributed by atoms with Gasteiger partial charge in [0.2, 0.25) is 5.91 Å². The van der Waals surface area contributed by atoms with E-state index in [1.165, 1.54) is 13.0 Å². The van der Waals surface area contributed by atoms with Crippen molar-refractivity contribution in [1.29, 1.82) is 0 Å². The number of halogens is 1. The summed E-state index contributed by atoms with van der Waals surface area (Å²) in [6.07, 6.45) is 0. The van der Waals surface area contributed by atoms with Crippen molar-refractivity contribution in [2.75, 3.05) is 38.1 Å². The average molecular weight is 265 g/mol. The molecule has 0 aliphatic carbocycles. The topological polar surface area (TPSA) is 35.6 Å². The number of hydrogen-bond donors (Lipinski definition) is 1. The molecule has 1 N–H and O–H groups in total. The number of carbonyl (C=O) groups is 1. The van der Waals surface area contributed by atoms with E-state index >= 15 is 0 Å². The van der Waals surface area contributed by atoms with E-state index in [2.05, 4.69) is 5.32 Å². The first-order chi connectivity index (χ1) is 9.08. The maximum absolute atomic E-state index is 14.1. The first kappa shape index (κ1) is 13.8. The number of anilines is 1. The van der Waals surface area contributed by atoms with E-state index in [0.717, 1.165) is 31.7 Å². The zero-order valence-corrected chi connectivity index (χ0v) is 11.4. The molecular weight excluding hydrogens is 245 g/mol. The SMILES string of the molecule is CC(=O)N(C)Cc1ccc(N2CCNCC2)c(F)c1. The van der Waals surface area contributed by atoms with Gasteiger partial charge in [-0.1, -0.05) is 6.07 Å². The van der Waals surface area contributed by atoms with Gasteiger partial charge in [-0.25, -0.2) is 4.39 Å². The molecule has 104 valence electrons. The van der Waals surface area contributed by atoms with E-state index in [1.54, 1.807) is 11.9 Å². The lowest BCUT2D eigenvalue weighted by atomic mass is 10.1. The second-order valence-corrected chi connectivity index (χ2v) is 4.90. The molecule has 0 spiro atoms. The smallest absolute Gasteiger partial charge is 0.219 e. The first-order valence-electron chi connectivity index (χ1n) is 6.53. The zero-order valence-electron chi connectivity index (χ0n) is 11.4. The van der Waals surface area contributed by atoms with Crippen LogP contribution < -0.4 is 10.2 Å². The minimum atomic E-state index is -0.212. The van der Waals surface area contributed by atoms with Crippen molar-refractivity contribution < 1.29 is 9.18 Å². The lowest BCUT2D eigenvalue weighted by Gasteiger charge is -2.30. The highest BCUT2D eigenvalue weighted by atomic mass is 19.1. The van der Waals surface area contributed by atoms with Crippen molar-refractivity contribution in [2.24, 2.45) is 0 Å². The maximum atomic E-state index is 14.1. The number of piperazine rings is 1. The molecule has 0 saturated carbocycles. The Kier molecular flexibility index (Phi) is 4.37. The Labute approximate surface area is 113 Å². The van der Waals surface area contributed by atoms with Crippen LogP contribution in [0.2, 0.25) is 0 Å². The van der Waals surface area contributed by atoms with E-state index in [4.69, 9.17) is 0 Å². The normalized spacial score (nSPS) is 15.4. The summed E-state index contributed by atoms with van der Waals surface area (Å²) in [6, 6.07) is 5.22. The Morgan fingerprint density at radius 1 is 1.42 bits per heavy atom. The fourth-order valence-electron chi connectivity index (χ4n) is 2.20. The summed E-state index contributed by atoms with van der Waals surface area (Å²) in [5.74, 6) is -0.233. The molecule has 1 aromatic rings. The molecule has 0 aromatic heterocycles. The van der Waals surface area contributed by atoms with Crippen LogP contribution in [0.5, 0.6) is 0 Å². The van der Waals surface area contributed by atoms with Gasteiger partial charge in [0.05, 0.1) is 5.69 Å². The van der Waals surface area contributed by atoms with Gasteiger partial charge in [-0.3, -0.25) is 4.79 Å². The number of carbonyl (C=O) groups excluding carboxylic acids is 1. The third-order valence-corrected chi connectivity index (χ3v) is 3.43. The molecule has 0 unspecified atom stereocenters. The zero-order chi connectivity index (χ0) is 13.8. The Hall–Kier alpha value is -1.62. The minimum absolute atomic E-state index is 0.0217. The highest BCUT2D eigenvalue weighted by Crippen LogP contribution is 2.21. The molecule has 0 atom stereocenters. The van der Waals surface area contributed by atoms with Crippen LogP contribution in [-0.2, 0) is 11.3 Å². The second-order valence-electron chi connectivity index (χ2n) is 4.90. The van der Waals surface area contributed by atoms with Gasteiger partial charge in [-0.05, 0) is 17.7 Å². The molecule has 1 amide bonds. The van der Waals surface area contributed by atoms with Crippen LogP contribution in [0, 0.1) is 5.82 Å². The van der Waals surface area contributed by atoms with Crippen molar-refractivity contribution in [3.8, 4) is 0 Å². The van der Waals surface area contributed by atoms with Crippen molar-refractivity contribution in [1.82, 2.24) is 10.2 Å². The molecule has 1 saturated heterocycles. The maximum Gasteiger partial charge on any atom is 0.219 e. The summed E-state index contributed by atoms with van der Waals surface area (Å²) in [5.41, 5.74) is 1.46.